The molecule has 0 atom stereocenters. The zero-order valence-electron chi connectivity index (χ0n) is 20.4. The van der Waals surface area contributed by atoms with Gasteiger partial charge in [0, 0.05) is 31.7 Å². The molecule has 0 spiro atoms. The Labute approximate surface area is 207 Å². The molecule has 7 nitrogen and oxygen atoms in total. The molecule has 1 heterocycles. The summed E-state index contributed by atoms with van der Waals surface area (Å²) in [6, 6.07) is 21.8. The molecule has 186 valence electrons. The molecule has 1 aliphatic rings. The van der Waals surface area contributed by atoms with Crippen molar-refractivity contribution in [3.05, 3.63) is 78.4 Å². The third-order valence-corrected chi connectivity index (χ3v) is 8.27. The number of ether oxygens (including phenoxy) is 3. The molecule has 8 heteroatoms. The number of anilines is 1. The third-order valence-electron chi connectivity index (χ3n) is 6.38. The van der Waals surface area contributed by atoms with Crippen LogP contribution in [0.2, 0.25) is 0 Å². The van der Waals surface area contributed by atoms with Gasteiger partial charge in [-0.05, 0) is 54.8 Å². The van der Waals surface area contributed by atoms with Gasteiger partial charge in [-0.3, -0.25) is 9.21 Å². The lowest BCUT2D eigenvalue weighted by atomic mass is 10.0. The minimum Gasteiger partial charge on any atom is -0.497 e. The number of nitrogens with zero attached hydrogens (tertiary/aromatic N) is 2. The Kier molecular flexibility index (Phi) is 7.83. The highest BCUT2D eigenvalue weighted by Gasteiger charge is 2.34. The predicted molar refractivity (Wildman–Crippen MR) is 137 cm³/mol. The summed E-state index contributed by atoms with van der Waals surface area (Å²) in [6.07, 6.45) is 1.44. The van der Waals surface area contributed by atoms with Crippen LogP contribution in [0.3, 0.4) is 0 Å². The Morgan fingerprint density at radius 1 is 0.829 bits per heavy atom. The number of piperidine rings is 1. The first kappa shape index (κ1) is 24.9. The van der Waals surface area contributed by atoms with Crippen molar-refractivity contribution in [3.8, 4) is 17.2 Å². The fourth-order valence-electron chi connectivity index (χ4n) is 4.51. The molecular weight excluding hydrogens is 464 g/mol. The van der Waals surface area contributed by atoms with Crippen LogP contribution in [0.1, 0.15) is 18.4 Å². The largest absolute Gasteiger partial charge is 0.497 e. The molecule has 0 bridgehead atoms. The zero-order chi connectivity index (χ0) is 24.8. The molecule has 0 saturated carbocycles. The molecule has 1 aliphatic heterocycles. The Morgan fingerprint density at radius 3 is 2.09 bits per heavy atom. The number of sulfonamides is 1. The van der Waals surface area contributed by atoms with Gasteiger partial charge in [0.15, 0.2) is 11.5 Å². The third kappa shape index (κ3) is 5.55. The second kappa shape index (κ2) is 11.0. The van der Waals surface area contributed by atoms with E-state index in [1.165, 1.54) is 5.56 Å². The standard InChI is InChI=1S/C27H32N2O5S/c1-32-24-12-9-21(10-13-24)20-28-17-15-22(16-18-28)29(35(30,31)25-7-5-4-6-8-25)23-11-14-26(33-2)27(19-23)34-3/h4-14,19,22H,15-18,20H2,1-3H3. The van der Waals surface area contributed by atoms with Gasteiger partial charge >= 0.3 is 0 Å². The van der Waals surface area contributed by atoms with Crippen molar-refractivity contribution in [1.29, 1.82) is 0 Å². The molecule has 0 unspecified atom stereocenters. The van der Waals surface area contributed by atoms with Crippen LogP contribution in [0.25, 0.3) is 0 Å². The van der Waals surface area contributed by atoms with Crippen LogP contribution in [0.5, 0.6) is 17.2 Å². The Hall–Kier alpha value is -3.23. The number of rotatable bonds is 9. The molecule has 0 aromatic heterocycles. The molecule has 0 N–H and O–H groups in total. The van der Waals surface area contributed by atoms with Gasteiger partial charge in [-0.25, -0.2) is 8.42 Å². The Balaban J connectivity index is 1.59. The summed E-state index contributed by atoms with van der Waals surface area (Å²) in [5, 5.41) is 0. The quantitative estimate of drug-likeness (QED) is 0.432. The van der Waals surface area contributed by atoms with E-state index in [0.717, 1.165) is 38.2 Å². The molecule has 4 rings (SSSR count). The van der Waals surface area contributed by atoms with Gasteiger partial charge in [-0.1, -0.05) is 30.3 Å². The topological polar surface area (TPSA) is 68.3 Å². The van der Waals surface area contributed by atoms with Crippen LogP contribution in [0, 0.1) is 0 Å². The van der Waals surface area contributed by atoms with Gasteiger partial charge in [0.2, 0.25) is 0 Å². The fraction of sp³-hybridized carbons (Fsp3) is 0.333. The molecule has 1 fully saturated rings. The number of methoxy groups -OCH3 is 3. The highest BCUT2D eigenvalue weighted by atomic mass is 32.2. The van der Waals surface area contributed by atoms with Gasteiger partial charge in [0.25, 0.3) is 10.0 Å². The number of hydrogen-bond acceptors (Lipinski definition) is 6. The van der Waals surface area contributed by atoms with Crippen molar-refractivity contribution < 1.29 is 22.6 Å². The van der Waals surface area contributed by atoms with Gasteiger partial charge in [-0.2, -0.15) is 0 Å². The zero-order valence-corrected chi connectivity index (χ0v) is 21.2. The Morgan fingerprint density at radius 2 is 1.49 bits per heavy atom. The summed E-state index contributed by atoms with van der Waals surface area (Å²) < 4.78 is 45.3. The van der Waals surface area contributed by atoms with E-state index in [2.05, 4.69) is 17.0 Å². The normalized spacial score (nSPS) is 14.9. The SMILES string of the molecule is COc1ccc(CN2CCC(N(c3ccc(OC)c(OC)c3)S(=O)(=O)c3ccccc3)CC2)cc1. The first-order chi connectivity index (χ1) is 17.0. The maximum absolute atomic E-state index is 13.8. The van der Waals surface area contributed by atoms with Crippen LogP contribution >= 0.6 is 0 Å². The first-order valence-corrected chi connectivity index (χ1v) is 13.1. The van der Waals surface area contributed by atoms with Gasteiger partial charge < -0.3 is 14.2 Å². The van der Waals surface area contributed by atoms with E-state index in [1.54, 1.807) is 68.1 Å². The van der Waals surface area contributed by atoms with Crippen LogP contribution < -0.4 is 18.5 Å². The van der Waals surface area contributed by atoms with Gasteiger partial charge in [0.1, 0.15) is 5.75 Å². The summed E-state index contributed by atoms with van der Waals surface area (Å²) in [7, 11) is 0.997. The predicted octanol–water partition coefficient (Wildman–Crippen LogP) is 4.57. The van der Waals surface area contributed by atoms with Crippen LogP contribution in [-0.4, -0.2) is 53.8 Å². The second-order valence-electron chi connectivity index (χ2n) is 8.51. The monoisotopic (exact) mass is 496 g/mol. The van der Waals surface area contributed by atoms with E-state index >= 15 is 0 Å². The number of hydrogen-bond donors (Lipinski definition) is 0. The van der Waals surface area contributed by atoms with E-state index < -0.39 is 10.0 Å². The lowest BCUT2D eigenvalue weighted by molar-refractivity contribution is 0.206. The molecule has 0 aliphatic carbocycles. The fourth-order valence-corrected chi connectivity index (χ4v) is 6.24. The highest BCUT2D eigenvalue weighted by Crippen LogP contribution is 2.36. The van der Waals surface area contributed by atoms with Gasteiger partial charge in [-0.15, -0.1) is 0 Å². The highest BCUT2D eigenvalue weighted by molar-refractivity contribution is 7.92. The summed E-state index contributed by atoms with van der Waals surface area (Å²) in [6.45, 7) is 2.41. The Bertz CT molecular complexity index is 1210. The molecule has 0 amide bonds. The molecule has 1 saturated heterocycles. The first-order valence-electron chi connectivity index (χ1n) is 11.6. The molecule has 3 aromatic rings. The molecular formula is C27H32N2O5S. The average Bonchev–Trinajstić information content (AvgIpc) is 2.90. The lowest BCUT2D eigenvalue weighted by Gasteiger charge is -2.39. The van der Waals surface area contributed by atoms with Crippen molar-refractivity contribution in [2.45, 2.75) is 30.3 Å². The van der Waals surface area contributed by atoms with E-state index in [4.69, 9.17) is 14.2 Å². The van der Waals surface area contributed by atoms with Crippen LogP contribution in [-0.2, 0) is 16.6 Å². The average molecular weight is 497 g/mol. The van der Waals surface area contributed by atoms with E-state index in [-0.39, 0.29) is 10.9 Å². The molecule has 3 aromatic carbocycles. The summed E-state index contributed by atoms with van der Waals surface area (Å²) in [5.74, 6) is 1.89. The van der Waals surface area contributed by atoms with Crippen molar-refractivity contribution in [2.75, 3.05) is 38.7 Å². The minimum atomic E-state index is -3.78. The summed E-state index contributed by atoms with van der Waals surface area (Å²) in [5.41, 5.74) is 1.78. The van der Waals surface area contributed by atoms with E-state index in [9.17, 15) is 8.42 Å². The second-order valence-corrected chi connectivity index (χ2v) is 10.3. The van der Waals surface area contributed by atoms with Crippen molar-refractivity contribution in [2.24, 2.45) is 0 Å². The van der Waals surface area contributed by atoms with Crippen molar-refractivity contribution in [1.82, 2.24) is 4.90 Å². The van der Waals surface area contributed by atoms with Gasteiger partial charge in [0.05, 0.1) is 31.9 Å². The van der Waals surface area contributed by atoms with Crippen LogP contribution in [0.15, 0.2) is 77.7 Å². The van der Waals surface area contributed by atoms with Crippen LogP contribution in [0.4, 0.5) is 5.69 Å². The summed E-state index contributed by atoms with van der Waals surface area (Å²) in [4.78, 5) is 2.63. The smallest absolute Gasteiger partial charge is 0.264 e. The van der Waals surface area contributed by atoms with E-state index in [0.29, 0.717) is 17.2 Å². The minimum absolute atomic E-state index is 0.176. The lowest BCUT2D eigenvalue weighted by Crippen LogP contribution is -2.47. The molecule has 0 radical (unpaired) electrons. The summed E-state index contributed by atoms with van der Waals surface area (Å²) >= 11 is 0. The maximum Gasteiger partial charge on any atom is 0.264 e. The van der Waals surface area contributed by atoms with Crippen molar-refractivity contribution in [3.63, 3.8) is 0 Å². The number of benzene rings is 3. The van der Waals surface area contributed by atoms with E-state index in [1.807, 2.05) is 18.2 Å². The number of likely N-dealkylation sites (tertiary alicyclic amines) is 1. The molecule has 35 heavy (non-hydrogen) atoms. The van der Waals surface area contributed by atoms with Crippen molar-refractivity contribution >= 4 is 15.7 Å². The maximum atomic E-state index is 13.8.